The first-order chi connectivity index (χ1) is 13.2. The molecular formula is C19H23N5O3. The number of carbonyl (C=O) groups is 1. The molecule has 0 spiro atoms. The average molecular weight is 369 g/mol. The average Bonchev–Trinajstić information content (AvgIpc) is 3.27. The Balaban J connectivity index is 1.36. The fourth-order valence-electron chi connectivity index (χ4n) is 4.00. The minimum atomic E-state index is -0.107. The van der Waals surface area contributed by atoms with Crippen molar-refractivity contribution in [1.82, 2.24) is 24.5 Å². The van der Waals surface area contributed by atoms with Crippen molar-refractivity contribution in [2.75, 3.05) is 13.2 Å². The third-order valence-corrected chi connectivity index (χ3v) is 5.63. The predicted molar refractivity (Wildman–Crippen MR) is 96.9 cm³/mol. The first kappa shape index (κ1) is 16.5. The molecule has 142 valence electrons. The lowest BCUT2D eigenvalue weighted by atomic mass is 10.2. The van der Waals surface area contributed by atoms with Crippen LogP contribution in [-0.2, 0) is 13.1 Å². The number of nitrogens with zero attached hydrogens (tertiary/aromatic N) is 5. The molecule has 0 aromatic carbocycles. The Kier molecular flexibility index (Phi) is 3.98. The van der Waals surface area contributed by atoms with Crippen molar-refractivity contribution >= 4 is 5.91 Å². The SMILES string of the molecule is O=C(c1cc2n(n1)CCCO2)N1CCCC1Cn1nc(C2CC2)ccc1=O. The number of hydrogen-bond donors (Lipinski definition) is 0. The fraction of sp³-hybridized carbons (Fsp3) is 0.579. The number of aromatic nitrogens is 4. The number of fused-ring (bicyclic) bond motifs is 1. The molecule has 3 aliphatic rings. The van der Waals surface area contributed by atoms with Crippen LogP contribution >= 0.6 is 0 Å². The monoisotopic (exact) mass is 369 g/mol. The van der Waals surface area contributed by atoms with Crippen molar-refractivity contribution in [3.05, 3.63) is 39.9 Å². The highest BCUT2D eigenvalue weighted by Crippen LogP contribution is 2.38. The van der Waals surface area contributed by atoms with Crippen molar-refractivity contribution < 1.29 is 9.53 Å². The highest BCUT2D eigenvalue weighted by atomic mass is 16.5. The molecule has 1 amide bonds. The maximum atomic E-state index is 13.0. The lowest BCUT2D eigenvalue weighted by molar-refractivity contribution is 0.0713. The summed E-state index contributed by atoms with van der Waals surface area (Å²) in [5.74, 6) is 1.07. The van der Waals surface area contributed by atoms with Crippen LogP contribution in [0.4, 0.5) is 0 Å². The first-order valence-electron chi connectivity index (χ1n) is 9.79. The topological polar surface area (TPSA) is 82.2 Å². The molecule has 2 aromatic rings. The largest absolute Gasteiger partial charge is 0.478 e. The molecule has 2 fully saturated rings. The van der Waals surface area contributed by atoms with E-state index in [-0.39, 0.29) is 17.5 Å². The number of amides is 1. The molecule has 4 heterocycles. The molecule has 5 rings (SSSR count). The zero-order valence-corrected chi connectivity index (χ0v) is 15.2. The number of ether oxygens (including phenoxy) is 1. The van der Waals surface area contributed by atoms with Gasteiger partial charge in [0.25, 0.3) is 11.5 Å². The molecule has 1 unspecified atom stereocenters. The zero-order chi connectivity index (χ0) is 18.4. The van der Waals surface area contributed by atoms with Gasteiger partial charge in [0.1, 0.15) is 0 Å². The summed E-state index contributed by atoms with van der Waals surface area (Å²) in [5.41, 5.74) is 1.31. The second-order valence-electron chi connectivity index (χ2n) is 7.64. The van der Waals surface area contributed by atoms with Gasteiger partial charge >= 0.3 is 0 Å². The number of carbonyl (C=O) groups excluding carboxylic acids is 1. The number of hydrogen-bond acceptors (Lipinski definition) is 5. The summed E-state index contributed by atoms with van der Waals surface area (Å²) in [6.45, 7) is 2.57. The number of likely N-dealkylation sites (tertiary alicyclic amines) is 1. The van der Waals surface area contributed by atoms with E-state index in [1.165, 1.54) is 4.68 Å². The molecule has 0 bridgehead atoms. The van der Waals surface area contributed by atoms with Gasteiger partial charge in [-0.15, -0.1) is 0 Å². The summed E-state index contributed by atoms with van der Waals surface area (Å²) < 4.78 is 8.86. The summed E-state index contributed by atoms with van der Waals surface area (Å²) in [4.78, 5) is 27.1. The van der Waals surface area contributed by atoms with Crippen LogP contribution < -0.4 is 10.3 Å². The van der Waals surface area contributed by atoms with Gasteiger partial charge in [-0.2, -0.15) is 10.2 Å². The maximum absolute atomic E-state index is 13.0. The maximum Gasteiger partial charge on any atom is 0.274 e. The van der Waals surface area contributed by atoms with E-state index in [0.717, 1.165) is 44.3 Å². The van der Waals surface area contributed by atoms with Gasteiger partial charge < -0.3 is 9.64 Å². The van der Waals surface area contributed by atoms with Crippen molar-refractivity contribution in [3.8, 4) is 5.88 Å². The molecule has 0 radical (unpaired) electrons. The minimum absolute atomic E-state index is 0.0307. The fourth-order valence-corrected chi connectivity index (χ4v) is 4.00. The van der Waals surface area contributed by atoms with Gasteiger partial charge in [-0.3, -0.25) is 9.59 Å². The van der Waals surface area contributed by atoms with E-state index >= 15 is 0 Å². The van der Waals surface area contributed by atoms with Crippen molar-refractivity contribution in [2.45, 2.75) is 57.2 Å². The van der Waals surface area contributed by atoms with Crippen LogP contribution in [0.3, 0.4) is 0 Å². The van der Waals surface area contributed by atoms with Gasteiger partial charge in [0.05, 0.1) is 24.9 Å². The molecule has 8 heteroatoms. The van der Waals surface area contributed by atoms with Crippen molar-refractivity contribution in [1.29, 1.82) is 0 Å². The third-order valence-electron chi connectivity index (χ3n) is 5.63. The lowest BCUT2D eigenvalue weighted by Gasteiger charge is -2.24. The zero-order valence-electron chi connectivity index (χ0n) is 15.2. The Morgan fingerprint density at radius 3 is 2.85 bits per heavy atom. The number of rotatable bonds is 4. The summed E-state index contributed by atoms with van der Waals surface area (Å²) in [7, 11) is 0. The van der Waals surface area contributed by atoms with Gasteiger partial charge in [0, 0.05) is 37.6 Å². The van der Waals surface area contributed by atoms with E-state index in [0.29, 0.717) is 37.2 Å². The molecule has 1 atom stereocenters. The Morgan fingerprint density at radius 2 is 2.04 bits per heavy atom. The summed E-state index contributed by atoms with van der Waals surface area (Å²) >= 11 is 0. The summed E-state index contributed by atoms with van der Waals surface area (Å²) in [5, 5.41) is 8.96. The van der Waals surface area contributed by atoms with Crippen molar-refractivity contribution in [3.63, 3.8) is 0 Å². The van der Waals surface area contributed by atoms with Gasteiger partial charge in [-0.1, -0.05) is 0 Å². The van der Waals surface area contributed by atoms with Crippen LogP contribution in [0.5, 0.6) is 5.88 Å². The van der Waals surface area contributed by atoms with Crippen LogP contribution in [-0.4, -0.2) is 49.6 Å². The summed E-state index contributed by atoms with van der Waals surface area (Å²) in [6.07, 6.45) is 4.99. The van der Waals surface area contributed by atoms with Crippen LogP contribution in [0.1, 0.15) is 54.2 Å². The third kappa shape index (κ3) is 3.13. The Bertz CT molecular complexity index is 906. The van der Waals surface area contributed by atoms with E-state index in [1.807, 2.05) is 11.0 Å². The molecular weight excluding hydrogens is 346 g/mol. The number of aryl methyl sites for hydroxylation is 1. The molecule has 1 saturated carbocycles. The van der Waals surface area contributed by atoms with Crippen LogP contribution in [0, 0.1) is 0 Å². The second-order valence-corrected chi connectivity index (χ2v) is 7.64. The standard InChI is InChI=1S/C19H23N5O3/c25-17-7-6-15(13-4-5-13)20-24(17)12-14-3-1-8-22(14)19(26)16-11-18-23(21-16)9-2-10-27-18/h6-7,11,13-14H,1-5,8-10,12H2. The van der Waals surface area contributed by atoms with Crippen molar-refractivity contribution in [2.24, 2.45) is 0 Å². The highest BCUT2D eigenvalue weighted by molar-refractivity contribution is 5.93. The predicted octanol–water partition coefficient (Wildman–Crippen LogP) is 1.40. The quantitative estimate of drug-likeness (QED) is 0.814. The normalized spacial score (nSPS) is 21.8. The van der Waals surface area contributed by atoms with E-state index in [1.54, 1.807) is 16.8 Å². The van der Waals surface area contributed by atoms with Crippen LogP contribution in [0.2, 0.25) is 0 Å². The highest BCUT2D eigenvalue weighted by Gasteiger charge is 2.33. The van der Waals surface area contributed by atoms with Gasteiger partial charge in [-0.25, -0.2) is 9.36 Å². The Hall–Kier alpha value is -2.64. The first-order valence-corrected chi connectivity index (χ1v) is 9.79. The second kappa shape index (κ2) is 6.51. The minimum Gasteiger partial charge on any atom is -0.478 e. The van der Waals surface area contributed by atoms with E-state index in [4.69, 9.17) is 4.74 Å². The lowest BCUT2D eigenvalue weighted by Crippen LogP contribution is -2.40. The van der Waals surface area contributed by atoms with Crippen LogP contribution in [0.15, 0.2) is 23.0 Å². The van der Waals surface area contributed by atoms with E-state index < -0.39 is 0 Å². The van der Waals surface area contributed by atoms with Crippen LogP contribution in [0.25, 0.3) is 0 Å². The molecule has 1 saturated heterocycles. The molecule has 0 N–H and O–H groups in total. The van der Waals surface area contributed by atoms with E-state index in [2.05, 4.69) is 10.2 Å². The molecule has 2 aliphatic heterocycles. The van der Waals surface area contributed by atoms with Gasteiger partial charge in [0.2, 0.25) is 5.88 Å². The molecule has 27 heavy (non-hydrogen) atoms. The summed E-state index contributed by atoms with van der Waals surface area (Å²) in [6, 6.07) is 5.14. The van der Waals surface area contributed by atoms with Gasteiger partial charge in [-0.05, 0) is 31.7 Å². The molecule has 8 nitrogen and oxygen atoms in total. The Labute approximate surface area is 156 Å². The molecule has 2 aromatic heterocycles. The Morgan fingerprint density at radius 1 is 1.15 bits per heavy atom. The van der Waals surface area contributed by atoms with Gasteiger partial charge in [0.15, 0.2) is 5.69 Å². The smallest absolute Gasteiger partial charge is 0.274 e. The van der Waals surface area contributed by atoms with E-state index in [9.17, 15) is 9.59 Å². The molecule has 1 aliphatic carbocycles.